The third kappa shape index (κ3) is 2.95. The molecule has 0 saturated carbocycles. The second-order valence-corrected chi connectivity index (χ2v) is 7.61. The minimum absolute atomic E-state index is 0.213. The van der Waals surface area contributed by atoms with Crippen molar-refractivity contribution in [2.45, 2.75) is 51.4 Å². The Hall–Kier alpha value is -1.59. The van der Waals surface area contributed by atoms with Gasteiger partial charge in [0.2, 0.25) is 0 Å². The lowest BCUT2D eigenvalue weighted by Gasteiger charge is -2.54. The molecule has 1 aromatic rings. The van der Waals surface area contributed by atoms with E-state index in [0.29, 0.717) is 19.6 Å². The summed E-state index contributed by atoms with van der Waals surface area (Å²) in [7, 11) is 0. The Morgan fingerprint density at radius 1 is 1.35 bits per heavy atom. The average molecular weight is 319 g/mol. The van der Waals surface area contributed by atoms with Crippen LogP contribution in [-0.2, 0) is 21.3 Å². The Morgan fingerprint density at radius 3 is 2.57 bits per heavy atom. The van der Waals surface area contributed by atoms with E-state index in [9.17, 15) is 9.90 Å². The molecule has 126 valence electrons. The highest BCUT2D eigenvalue weighted by Gasteiger charge is 2.54. The van der Waals surface area contributed by atoms with Gasteiger partial charge in [-0.3, -0.25) is 0 Å². The molecule has 2 N–H and O–H groups in total. The van der Waals surface area contributed by atoms with Gasteiger partial charge in [-0.1, -0.05) is 45.0 Å². The number of ether oxygens (including phenoxy) is 2. The smallest absolute Gasteiger partial charge is 0.404 e. The van der Waals surface area contributed by atoms with E-state index in [-0.39, 0.29) is 23.2 Å². The van der Waals surface area contributed by atoms with Crippen LogP contribution in [0.2, 0.25) is 0 Å². The first-order valence-electron chi connectivity index (χ1n) is 8.14. The summed E-state index contributed by atoms with van der Waals surface area (Å²) in [6, 6.07) is 8.06. The SMILES string of the molecule is CC(C)(C)C(NC(=O)O)C1(CC2OCCO2)Cc2ccccc21. The number of amides is 1. The van der Waals surface area contributed by atoms with Gasteiger partial charge < -0.3 is 19.9 Å². The number of nitrogens with one attached hydrogen (secondary N) is 1. The van der Waals surface area contributed by atoms with Crippen LogP contribution < -0.4 is 5.32 Å². The molecular formula is C18H25NO4. The minimum Gasteiger partial charge on any atom is -0.465 e. The summed E-state index contributed by atoms with van der Waals surface area (Å²) in [5.74, 6) is 0. The highest BCUT2D eigenvalue weighted by Crippen LogP contribution is 2.51. The maximum atomic E-state index is 11.4. The second-order valence-electron chi connectivity index (χ2n) is 7.61. The van der Waals surface area contributed by atoms with Gasteiger partial charge in [0.05, 0.1) is 13.2 Å². The molecule has 1 aliphatic carbocycles. The molecule has 3 rings (SSSR count). The lowest BCUT2D eigenvalue weighted by atomic mass is 9.53. The van der Waals surface area contributed by atoms with Crippen LogP contribution in [0.3, 0.4) is 0 Å². The zero-order chi connectivity index (χ0) is 16.7. The Morgan fingerprint density at radius 2 is 2.00 bits per heavy atom. The molecule has 2 aliphatic rings. The van der Waals surface area contributed by atoms with E-state index in [1.165, 1.54) is 11.1 Å². The summed E-state index contributed by atoms with van der Waals surface area (Å²) >= 11 is 0. The monoisotopic (exact) mass is 319 g/mol. The van der Waals surface area contributed by atoms with Crippen LogP contribution in [0.15, 0.2) is 24.3 Å². The fourth-order valence-corrected chi connectivity index (χ4v) is 4.18. The molecule has 1 amide bonds. The Kier molecular flexibility index (Phi) is 4.10. The predicted molar refractivity (Wildman–Crippen MR) is 86.5 cm³/mol. The summed E-state index contributed by atoms with van der Waals surface area (Å²) < 4.78 is 11.3. The van der Waals surface area contributed by atoms with Crippen LogP contribution in [0.4, 0.5) is 4.79 Å². The zero-order valence-corrected chi connectivity index (χ0v) is 14.0. The van der Waals surface area contributed by atoms with Gasteiger partial charge in [0, 0.05) is 17.9 Å². The van der Waals surface area contributed by atoms with Crippen LogP contribution in [0, 0.1) is 5.41 Å². The van der Waals surface area contributed by atoms with Gasteiger partial charge in [-0.05, 0) is 23.0 Å². The Bertz CT molecular complexity index is 589. The van der Waals surface area contributed by atoms with Crippen molar-refractivity contribution in [3.63, 3.8) is 0 Å². The van der Waals surface area contributed by atoms with E-state index in [1.54, 1.807) is 0 Å². The average Bonchev–Trinajstić information content (AvgIpc) is 2.94. The zero-order valence-electron chi connectivity index (χ0n) is 14.0. The number of carboxylic acid groups (broad SMARTS) is 1. The first kappa shape index (κ1) is 16.3. The quantitative estimate of drug-likeness (QED) is 0.895. The third-order valence-electron chi connectivity index (χ3n) is 4.97. The largest absolute Gasteiger partial charge is 0.465 e. The van der Waals surface area contributed by atoms with E-state index in [4.69, 9.17) is 9.47 Å². The van der Waals surface area contributed by atoms with Crippen LogP contribution >= 0.6 is 0 Å². The van der Waals surface area contributed by atoms with E-state index < -0.39 is 6.09 Å². The first-order chi connectivity index (χ1) is 10.8. The van der Waals surface area contributed by atoms with Crippen molar-refractivity contribution in [3.05, 3.63) is 35.4 Å². The summed E-state index contributed by atoms with van der Waals surface area (Å²) in [5.41, 5.74) is 1.99. The molecule has 1 fully saturated rings. The standard InChI is InChI=1S/C18H25NO4/c1-17(2,3)15(19-16(20)21)18(11-14-22-8-9-23-14)10-12-6-4-5-7-13(12)18/h4-7,14-15,19H,8-11H2,1-3H3,(H,20,21). The van der Waals surface area contributed by atoms with Gasteiger partial charge in [-0.25, -0.2) is 4.79 Å². The van der Waals surface area contributed by atoms with E-state index in [0.717, 1.165) is 6.42 Å². The minimum atomic E-state index is -0.984. The normalized spacial score (nSPS) is 25.5. The molecule has 5 heteroatoms. The summed E-state index contributed by atoms with van der Waals surface area (Å²) in [4.78, 5) is 11.4. The van der Waals surface area contributed by atoms with Gasteiger partial charge in [-0.2, -0.15) is 0 Å². The lowest BCUT2D eigenvalue weighted by Crippen LogP contribution is -2.62. The molecule has 5 nitrogen and oxygen atoms in total. The third-order valence-corrected chi connectivity index (χ3v) is 4.97. The molecule has 1 aliphatic heterocycles. The maximum absolute atomic E-state index is 11.4. The fourth-order valence-electron chi connectivity index (χ4n) is 4.18. The number of benzene rings is 1. The molecule has 1 heterocycles. The number of rotatable bonds is 4. The molecule has 2 unspecified atom stereocenters. The number of carbonyl (C=O) groups is 1. The van der Waals surface area contributed by atoms with E-state index in [1.807, 2.05) is 12.1 Å². The number of hydrogen-bond donors (Lipinski definition) is 2. The van der Waals surface area contributed by atoms with E-state index >= 15 is 0 Å². The van der Waals surface area contributed by atoms with Crippen LogP contribution in [0.1, 0.15) is 38.3 Å². The molecule has 0 bridgehead atoms. The van der Waals surface area contributed by atoms with Crippen molar-refractivity contribution in [1.82, 2.24) is 5.32 Å². The Labute approximate surface area is 137 Å². The summed E-state index contributed by atoms with van der Waals surface area (Å²) in [6.07, 6.45) is 0.270. The Balaban J connectivity index is 1.99. The van der Waals surface area contributed by atoms with Gasteiger partial charge in [0.15, 0.2) is 6.29 Å². The number of hydrogen-bond acceptors (Lipinski definition) is 3. The molecular weight excluding hydrogens is 294 g/mol. The molecule has 0 radical (unpaired) electrons. The van der Waals surface area contributed by atoms with Crippen molar-refractivity contribution < 1.29 is 19.4 Å². The topological polar surface area (TPSA) is 67.8 Å². The predicted octanol–water partition coefficient (Wildman–Crippen LogP) is 2.93. The van der Waals surface area contributed by atoms with Crippen molar-refractivity contribution in [2.24, 2.45) is 5.41 Å². The molecule has 1 saturated heterocycles. The van der Waals surface area contributed by atoms with Gasteiger partial charge >= 0.3 is 6.09 Å². The molecule has 1 aromatic carbocycles. The van der Waals surface area contributed by atoms with Gasteiger partial charge in [0.25, 0.3) is 0 Å². The highest BCUT2D eigenvalue weighted by atomic mass is 16.7. The molecule has 23 heavy (non-hydrogen) atoms. The van der Waals surface area contributed by atoms with E-state index in [2.05, 4.69) is 38.2 Å². The maximum Gasteiger partial charge on any atom is 0.404 e. The van der Waals surface area contributed by atoms with Crippen molar-refractivity contribution >= 4 is 6.09 Å². The van der Waals surface area contributed by atoms with Crippen molar-refractivity contribution in [3.8, 4) is 0 Å². The van der Waals surface area contributed by atoms with Crippen molar-refractivity contribution in [2.75, 3.05) is 13.2 Å². The molecule has 0 spiro atoms. The number of fused-ring (bicyclic) bond motifs is 1. The van der Waals surface area contributed by atoms with Crippen LogP contribution in [0.25, 0.3) is 0 Å². The molecule has 2 atom stereocenters. The second kappa shape index (κ2) is 5.80. The lowest BCUT2D eigenvalue weighted by molar-refractivity contribution is -0.0737. The van der Waals surface area contributed by atoms with Crippen LogP contribution in [-0.4, -0.2) is 36.7 Å². The van der Waals surface area contributed by atoms with Crippen LogP contribution in [0.5, 0.6) is 0 Å². The fraction of sp³-hybridized carbons (Fsp3) is 0.611. The van der Waals surface area contributed by atoms with Crippen molar-refractivity contribution in [1.29, 1.82) is 0 Å². The highest BCUT2D eigenvalue weighted by molar-refractivity contribution is 5.66. The summed E-state index contributed by atoms with van der Waals surface area (Å²) in [5, 5.41) is 12.1. The van der Waals surface area contributed by atoms with Gasteiger partial charge in [0.1, 0.15) is 0 Å². The first-order valence-corrected chi connectivity index (χ1v) is 8.14. The molecule has 0 aromatic heterocycles. The summed E-state index contributed by atoms with van der Waals surface area (Å²) in [6.45, 7) is 7.44. The van der Waals surface area contributed by atoms with Gasteiger partial charge in [-0.15, -0.1) is 0 Å².